The van der Waals surface area contributed by atoms with Gasteiger partial charge in [-0.1, -0.05) is 18.2 Å². The lowest BCUT2D eigenvalue weighted by atomic mass is 9.96. The highest BCUT2D eigenvalue weighted by Crippen LogP contribution is 2.26. The van der Waals surface area contributed by atoms with Gasteiger partial charge >= 0.3 is 5.97 Å². The Balaban J connectivity index is 1.65. The van der Waals surface area contributed by atoms with E-state index in [2.05, 4.69) is 48.0 Å². The van der Waals surface area contributed by atoms with E-state index >= 15 is 0 Å². The van der Waals surface area contributed by atoms with Gasteiger partial charge in [0.15, 0.2) is 0 Å². The van der Waals surface area contributed by atoms with Crippen LogP contribution < -0.4 is 0 Å². The number of ether oxygens (including phenoxy) is 1. The van der Waals surface area contributed by atoms with Crippen molar-refractivity contribution in [1.29, 1.82) is 0 Å². The standard InChI is InChI=1S/C22H28N2O2/c1-4-26-22(25)19-8-10-24(11-9-19)15-18-12-20(14-23-13-18)21-7-5-6-16(2)17(21)3/h5-7,12-14,19H,4,8-11,15H2,1-3H3. The summed E-state index contributed by atoms with van der Waals surface area (Å²) in [6, 6.07) is 8.65. The fourth-order valence-corrected chi connectivity index (χ4v) is 3.63. The van der Waals surface area contributed by atoms with Crippen molar-refractivity contribution in [3.63, 3.8) is 0 Å². The van der Waals surface area contributed by atoms with Gasteiger partial charge in [0.25, 0.3) is 0 Å². The molecule has 0 saturated carbocycles. The maximum Gasteiger partial charge on any atom is 0.309 e. The average molecular weight is 352 g/mol. The lowest BCUT2D eigenvalue weighted by molar-refractivity contribution is -0.149. The molecule has 2 aromatic rings. The van der Waals surface area contributed by atoms with E-state index in [1.807, 2.05) is 19.3 Å². The number of aryl methyl sites for hydroxylation is 1. The van der Waals surface area contributed by atoms with Crippen LogP contribution in [0.3, 0.4) is 0 Å². The third kappa shape index (κ3) is 4.31. The second kappa shape index (κ2) is 8.45. The Kier molecular flexibility index (Phi) is 6.04. The maximum atomic E-state index is 11.9. The zero-order chi connectivity index (χ0) is 18.5. The summed E-state index contributed by atoms with van der Waals surface area (Å²) in [5, 5.41) is 0. The van der Waals surface area contributed by atoms with Crippen LogP contribution in [0.2, 0.25) is 0 Å². The number of hydrogen-bond donors (Lipinski definition) is 0. The second-order valence-corrected chi connectivity index (χ2v) is 7.13. The molecule has 4 nitrogen and oxygen atoms in total. The molecule has 0 N–H and O–H groups in total. The first-order valence-electron chi connectivity index (χ1n) is 9.48. The summed E-state index contributed by atoms with van der Waals surface area (Å²) >= 11 is 0. The number of piperidine rings is 1. The minimum absolute atomic E-state index is 0.0364. The molecule has 0 aliphatic carbocycles. The van der Waals surface area contributed by atoms with Crippen molar-refractivity contribution in [2.45, 2.75) is 40.2 Å². The van der Waals surface area contributed by atoms with Crippen molar-refractivity contribution in [1.82, 2.24) is 9.88 Å². The molecule has 1 aliphatic rings. The van der Waals surface area contributed by atoms with Crippen LogP contribution in [0.4, 0.5) is 0 Å². The van der Waals surface area contributed by atoms with E-state index in [0.717, 1.165) is 32.5 Å². The van der Waals surface area contributed by atoms with Gasteiger partial charge in [0.2, 0.25) is 0 Å². The first-order chi connectivity index (χ1) is 12.6. The van der Waals surface area contributed by atoms with E-state index in [1.54, 1.807) is 0 Å². The number of pyridine rings is 1. The fourth-order valence-electron chi connectivity index (χ4n) is 3.63. The van der Waals surface area contributed by atoms with E-state index in [9.17, 15) is 4.79 Å². The molecule has 1 saturated heterocycles. The Hall–Kier alpha value is -2.20. The molecule has 138 valence electrons. The number of carbonyl (C=O) groups is 1. The molecule has 1 aromatic carbocycles. The molecule has 0 bridgehead atoms. The quantitative estimate of drug-likeness (QED) is 0.759. The third-order valence-electron chi connectivity index (χ3n) is 5.32. The number of likely N-dealkylation sites (tertiary alicyclic amines) is 1. The highest BCUT2D eigenvalue weighted by atomic mass is 16.5. The van der Waals surface area contributed by atoms with E-state index in [1.165, 1.54) is 27.8 Å². The Morgan fingerprint density at radius 3 is 2.73 bits per heavy atom. The first kappa shape index (κ1) is 18.6. The zero-order valence-corrected chi connectivity index (χ0v) is 16.0. The minimum atomic E-state index is -0.0364. The van der Waals surface area contributed by atoms with Crippen LogP contribution in [0, 0.1) is 19.8 Å². The predicted octanol–water partition coefficient (Wildman–Crippen LogP) is 4.14. The molecule has 2 heterocycles. The zero-order valence-electron chi connectivity index (χ0n) is 16.0. The van der Waals surface area contributed by atoms with E-state index < -0.39 is 0 Å². The van der Waals surface area contributed by atoms with Gasteiger partial charge in [-0.05, 0) is 75.0 Å². The van der Waals surface area contributed by atoms with Crippen molar-refractivity contribution in [3.05, 3.63) is 53.3 Å². The van der Waals surface area contributed by atoms with Gasteiger partial charge in [-0.25, -0.2) is 0 Å². The van der Waals surface area contributed by atoms with Gasteiger partial charge in [0, 0.05) is 24.5 Å². The summed E-state index contributed by atoms with van der Waals surface area (Å²) in [5.74, 6) is 0.0244. The molecule has 1 aromatic heterocycles. The summed E-state index contributed by atoms with van der Waals surface area (Å²) in [6.45, 7) is 9.37. The van der Waals surface area contributed by atoms with E-state index in [0.29, 0.717) is 6.61 Å². The normalized spacial score (nSPS) is 15.8. The summed E-state index contributed by atoms with van der Waals surface area (Å²) in [5.41, 5.74) is 6.25. The molecular formula is C22H28N2O2. The summed E-state index contributed by atoms with van der Waals surface area (Å²) in [4.78, 5) is 18.7. The summed E-state index contributed by atoms with van der Waals surface area (Å²) in [7, 11) is 0. The minimum Gasteiger partial charge on any atom is -0.466 e. The van der Waals surface area contributed by atoms with Gasteiger partial charge in [0.1, 0.15) is 0 Å². The molecule has 0 radical (unpaired) electrons. The topological polar surface area (TPSA) is 42.4 Å². The SMILES string of the molecule is CCOC(=O)C1CCN(Cc2cncc(-c3cccc(C)c3C)c2)CC1. The largest absolute Gasteiger partial charge is 0.466 e. The van der Waals surface area contributed by atoms with Gasteiger partial charge < -0.3 is 4.74 Å². The number of nitrogens with zero attached hydrogens (tertiary/aromatic N) is 2. The second-order valence-electron chi connectivity index (χ2n) is 7.13. The molecular weight excluding hydrogens is 324 g/mol. The lowest BCUT2D eigenvalue weighted by Gasteiger charge is -2.30. The van der Waals surface area contributed by atoms with Crippen LogP contribution in [0.1, 0.15) is 36.5 Å². The molecule has 4 heteroatoms. The van der Waals surface area contributed by atoms with Gasteiger partial charge in [0.05, 0.1) is 12.5 Å². The van der Waals surface area contributed by atoms with Crippen LogP contribution in [-0.2, 0) is 16.1 Å². The predicted molar refractivity (Wildman–Crippen MR) is 104 cm³/mol. The van der Waals surface area contributed by atoms with Crippen molar-refractivity contribution >= 4 is 5.97 Å². The Morgan fingerprint density at radius 2 is 2.00 bits per heavy atom. The molecule has 0 unspecified atom stereocenters. The third-order valence-corrected chi connectivity index (χ3v) is 5.32. The van der Waals surface area contributed by atoms with Gasteiger partial charge in [-0.2, -0.15) is 0 Å². The monoisotopic (exact) mass is 352 g/mol. The highest BCUT2D eigenvalue weighted by molar-refractivity contribution is 5.72. The Morgan fingerprint density at radius 1 is 1.23 bits per heavy atom. The van der Waals surface area contributed by atoms with E-state index in [4.69, 9.17) is 4.74 Å². The van der Waals surface area contributed by atoms with Crippen molar-refractivity contribution in [2.75, 3.05) is 19.7 Å². The summed E-state index contributed by atoms with van der Waals surface area (Å²) in [6.07, 6.45) is 5.65. The maximum absolute atomic E-state index is 11.9. The van der Waals surface area contributed by atoms with Crippen LogP contribution in [0.5, 0.6) is 0 Å². The Bertz CT molecular complexity index is 764. The number of esters is 1. The average Bonchev–Trinajstić information content (AvgIpc) is 2.65. The van der Waals surface area contributed by atoms with Gasteiger partial charge in [-0.15, -0.1) is 0 Å². The molecule has 0 spiro atoms. The summed E-state index contributed by atoms with van der Waals surface area (Å²) < 4.78 is 5.15. The molecule has 1 aliphatic heterocycles. The van der Waals surface area contributed by atoms with Crippen molar-refractivity contribution in [3.8, 4) is 11.1 Å². The molecule has 0 atom stereocenters. The first-order valence-corrected chi connectivity index (χ1v) is 9.48. The van der Waals surface area contributed by atoms with Crippen molar-refractivity contribution in [2.24, 2.45) is 5.92 Å². The van der Waals surface area contributed by atoms with E-state index in [-0.39, 0.29) is 11.9 Å². The van der Waals surface area contributed by atoms with Crippen LogP contribution >= 0.6 is 0 Å². The van der Waals surface area contributed by atoms with Crippen molar-refractivity contribution < 1.29 is 9.53 Å². The van der Waals surface area contributed by atoms with Gasteiger partial charge in [-0.3, -0.25) is 14.7 Å². The molecule has 26 heavy (non-hydrogen) atoms. The lowest BCUT2D eigenvalue weighted by Crippen LogP contribution is -2.36. The highest BCUT2D eigenvalue weighted by Gasteiger charge is 2.25. The van der Waals surface area contributed by atoms with Crippen LogP contribution in [-0.4, -0.2) is 35.5 Å². The number of hydrogen-bond acceptors (Lipinski definition) is 4. The number of aromatic nitrogens is 1. The molecule has 0 amide bonds. The van der Waals surface area contributed by atoms with Crippen LogP contribution in [0.25, 0.3) is 11.1 Å². The fraction of sp³-hybridized carbons (Fsp3) is 0.455. The molecule has 1 fully saturated rings. The Labute approximate surface area is 156 Å². The molecule has 3 rings (SSSR count). The number of rotatable bonds is 5. The number of benzene rings is 1. The van der Waals surface area contributed by atoms with Crippen LogP contribution in [0.15, 0.2) is 36.7 Å². The number of carbonyl (C=O) groups excluding carboxylic acids is 1. The smallest absolute Gasteiger partial charge is 0.309 e.